The molecule has 90 valence electrons. The van der Waals surface area contributed by atoms with Crippen molar-refractivity contribution in [2.24, 2.45) is 0 Å². The molecule has 0 radical (unpaired) electrons. The van der Waals surface area contributed by atoms with Crippen molar-refractivity contribution in [3.63, 3.8) is 0 Å². The number of aromatic nitrogens is 2. The monoisotopic (exact) mass is 234 g/mol. The van der Waals surface area contributed by atoms with Crippen LogP contribution in [0.2, 0.25) is 0 Å². The van der Waals surface area contributed by atoms with Gasteiger partial charge in [0.05, 0.1) is 0 Å². The summed E-state index contributed by atoms with van der Waals surface area (Å²) >= 11 is 0. The van der Waals surface area contributed by atoms with Gasteiger partial charge in [0.2, 0.25) is 0 Å². The highest BCUT2D eigenvalue weighted by molar-refractivity contribution is 5.73. The van der Waals surface area contributed by atoms with Crippen molar-refractivity contribution >= 4 is 5.82 Å². The van der Waals surface area contributed by atoms with Crippen molar-refractivity contribution in [2.75, 3.05) is 11.6 Å². The highest BCUT2D eigenvalue weighted by atomic mass is 19.1. The van der Waals surface area contributed by atoms with Crippen molar-refractivity contribution in [3.05, 3.63) is 35.4 Å². The van der Waals surface area contributed by atoms with E-state index in [1.165, 1.54) is 16.8 Å². The SMILES string of the molecule is CCc1nc(-c2ccc(F)cc2C)c(N)n1N. The van der Waals surface area contributed by atoms with Gasteiger partial charge in [0.25, 0.3) is 0 Å². The van der Waals surface area contributed by atoms with E-state index in [4.69, 9.17) is 11.6 Å². The zero-order chi connectivity index (χ0) is 12.6. The van der Waals surface area contributed by atoms with Gasteiger partial charge >= 0.3 is 0 Å². The summed E-state index contributed by atoms with van der Waals surface area (Å²) in [7, 11) is 0. The van der Waals surface area contributed by atoms with Crippen LogP contribution in [0.1, 0.15) is 18.3 Å². The maximum atomic E-state index is 13.0. The van der Waals surface area contributed by atoms with E-state index in [1.807, 2.05) is 13.8 Å². The molecular weight excluding hydrogens is 219 g/mol. The first-order chi connectivity index (χ1) is 8.04. The summed E-state index contributed by atoms with van der Waals surface area (Å²) in [5.74, 6) is 6.62. The number of anilines is 1. The van der Waals surface area contributed by atoms with Gasteiger partial charge in [-0.15, -0.1) is 0 Å². The molecule has 0 spiro atoms. The molecule has 0 aliphatic carbocycles. The summed E-state index contributed by atoms with van der Waals surface area (Å²) in [6.45, 7) is 3.77. The van der Waals surface area contributed by atoms with E-state index < -0.39 is 0 Å². The van der Waals surface area contributed by atoms with Gasteiger partial charge in [-0.05, 0) is 30.7 Å². The fraction of sp³-hybridized carbons (Fsp3) is 0.250. The van der Waals surface area contributed by atoms with E-state index in [0.29, 0.717) is 23.8 Å². The third-order valence-electron chi connectivity index (χ3n) is 2.78. The van der Waals surface area contributed by atoms with Gasteiger partial charge in [0, 0.05) is 12.0 Å². The molecule has 0 atom stereocenters. The molecule has 4 nitrogen and oxygen atoms in total. The van der Waals surface area contributed by atoms with Gasteiger partial charge < -0.3 is 11.6 Å². The second-order valence-corrected chi connectivity index (χ2v) is 3.94. The zero-order valence-corrected chi connectivity index (χ0v) is 9.87. The van der Waals surface area contributed by atoms with Crippen LogP contribution in [0, 0.1) is 12.7 Å². The fourth-order valence-electron chi connectivity index (χ4n) is 1.83. The molecule has 4 N–H and O–H groups in total. The molecule has 2 aromatic rings. The second-order valence-electron chi connectivity index (χ2n) is 3.94. The predicted molar refractivity (Wildman–Crippen MR) is 66.3 cm³/mol. The average molecular weight is 234 g/mol. The Morgan fingerprint density at radius 3 is 2.65 bits per heavy atom. The highest BCUT2D eigenvalue weighted by Gasteiger charge is 2.15. The Balaban J connectivity index is 2.60. The number of halogens is 1. The predicted octanol–water partition coefficient (Wildman–Crippen LogP) is 1.86. The summed E-state index contributed by atoms with van der Waals surface area (Å²) in [4.78, 5) is 4.38. The minimum Gasteiger partial charge on any atom is -0.382 e. The Morgan fingerprint density at radius 2 is 2.12 bits per heavy atom. The number of hydrogen-bond donors (Lipinski definition) is 2. The number of hydrogen-bond acceptors (Lipinski definition) is 3. The largest absolute Gasteiger partial charge is 0.382 e. The number of benzene rings is 1. The first-order valence-electron chi connectivity index (χ1n) is 5.43. The minimum absolute atomic E-state index is 0.271. The number of nitrogens with two attached hydrogens (primary N) is 2. The maximum Gasteiger partial charge on any atom is 0.150 e. The molecule has 0 amide bonds. The zero-order valence-electron chi connectivity index (χ0n) is 9.87. The third kappa shape index (κ3) is 1.84. The number of imidazole rings is 1. The lowest BCUT2D eigenvalue weighted by Crippen LogP contribution is -2.14. The summed E-state index contributed by atoms with van der Waals surface area (Å²) in [6.07, 6.45) is 0.695. The second kappa shape index (κ2) is 4.08. The molecule has 0 unspecified atom stereocenters. The average Bonchev–Trinajstić information content (AvgIpc) is 2.57. The minimum atomic E-state index is -0.271. The van der Waals surface area contributed by atoms with Gasteiger partial charge in [-0.2, -0.15) is 0 Å². The van der Waals surface area contributed by atoms with Gasteiger partial charge in [0.15, 0.2) is 5.82 Å². The topological polar surface area (TPSA) is 69.9 Å². The van der Waals surface area contributed by atoms with Gasteiger partial charge in [-0.3, -0.25) is 0 Å². The van der Waals surface area contributed by atoms with Crippen LogP contribution in [0.3, 0.4) is 0 Å². The molecular formula is C12H15FN4. The van der Waals surface area contributed by atoms with Crippen LogP contribution >= 0.6 is 0 Å². The summed E-state index contributed by atoms with van der Waals surface area (Å²) in [5.41, 5.74) is 8.11. The van der Waals surface area contributed by atoms with Crippen LogP contribution in [-0.2, 0) is 6.42 Å². The van der Waals surface area contributed by atoms with Gasteiger partial charge in [-0.25, -0.2) is 14.1 Å². The number of nitrogen functional groups attached to an aromatic ring is 2. The van der Waals surface area contributed by atoms with Crippen molar-refractivity contribution in [3.8, 4) is 11.3 Å². The summed E-state index contributed by atoms with van der Waals surface area (Å²) in [6, 6.07) is 4.52. The van der Waals surface area contributed by atoms with E-state index in [0.717, 1.165) is 11.1 Å². The van der Waals surface area contributed by atoms with Gasteiger partial charge in [0.1, 0.15) is 17.3 Å². The number of nitrogens with zero attached hydrogens (tertiary/aromatic N) is 2. The number of rotatable bonds is 2. The molecule has 0 saturated heterocycles. The fourth-order valence-corrected chi connectivity index (χ4v) is 1.83. The van der Waals surface area contributed by atoms with Crippen molar-refractivity contribution < 1.29 is 4.39 Å². The van der Waals surface area contributed by atoms with E-state index in [9.17, 15) is 4.39 Å². The van der Waals surface area contributed by atoms with E-state index in [-0.39, 0.29) is 5.82 Å². The van der Waals surface area contributed by atoms with E-state index >= 15 is 0 Å². The Labute approximate surface area is 99.0 Å². The maximum absolute atomic E-state index is 13.0. The Morgan fingerprint density at radius 1 is 1.41 bits per heavy atom. The van der Waals surface area contributed by atoms with Gasteiger partial charge in [-0.1, -0.05) is 6.92 Å². The normalized spacial score (nSPS) is 10.8. The molecule has 2 rings (SSSR count). The Bertz CT molecular complexity index is 560. The van der Waals surface area contributed by atoms with Crippen molar-refractivity contribution in [1.29, 1.82) is 0 Å². The molecule has 1 aromatic heterocycles. The molecule has 1 aromatic carbocycles. The van der Waals surface area contributed by atoms with Crippen LogP contribution in [-0.4, -0.2) is 9.66 Å². The first kappa shape index (κ1) is 11.4. The van der Waals surface area contributed by atoms with Crippen molar-refractivity contribution in [1.82, 2.24) is 9.66 Å². The van der Waals surface area contributed by atoms with Crippen molar-refractivity contribution in [2.45, 2.75) is 20.3 Å². The quantitative estimate of drug-likeness (QED) is 0.779. The lowest BCUT2D eigenvalue weighted by atomic mass is 10.1. The number of aryl methyl sites for hydroxylation is 2. The van der Waals surface area contributed by atoms with Crippen LogP contribution < -0.4 is 11.6 Å². The third-order valence-corrected chi connectivity index (χ3v) is 2.78. The lowest BCUT2D eigenvalue weighted by molar-refractivity contribution is 0.627. The molecule has 0 aliphatic rings. The molecule has 0 saturated carbocycles. The van der Waals surface area contributed by atoms with Crippen LogP contribution in [0.15, 0.2) is 18.2 Å². The highest BCUT2D eigenvalue weighted by Crippen LogP contribution is 2.28. The van der Waals surface area contributed by atoms with E-state index in [2.05, 4.69) is 4.98 Å². The summed E-state index contributed by atoms with van der Waals surface area (Å²) in [5, 5.41) is 0. The molecule has 1 heterocycles. The molecule has 5 heteroatoms. The van der Waals surface area contributed by atoms with Crippen LogP contribution in [0.5, 0.6) is 0 Å². The molecule has 0 bridgehead atoms. The molecule has 0 fully saturated rings. The van der Waals surface area contributed by atoms with Crippen LogP contribution in [0.4, 0.5) is 10.2 Å². The smallest absolute Gasteiger partial charge is 0.150 e. The summed E-state index contributed by atoms with van der Waals surface area (Å²) < 4.78 is 14.4. The molecule has 17 heavy (non-hydrogen) atoms. The van der Waals surface area contributed by atoms with E-state index in [1.54, 1.807) is 6.07 Å². The lowest BCUT2D eigenvalue weighted by Gasteiger charge is -2.04. The standard InChI is InChI=1S/C12H15FN4/c1-3-10-16-11(12(14)17(10)15)9-5-4-8(13)6-7(9)2/h4-6H,3,14-15H2,1-2H3. The Kier molecular flexibility index (Phi) is 2.75. The first-order valence-corrected chi connectivity index (χ1v) is 5.43. The molecule has 0 aliphatic heterocycles. The Hall–Kier alpha value is -2.04. The van der Waals surface area contributed by atoms with Crippen LogP contribution in [0.25, 0.3) is 11.3 Å².